The zero-order valence-corrected chi connectivity index (χ0v) is 33.6. The summed E-state index contributed by atoms with van der Waals surface area (Å²) in [6, 6.07) is 64.3. The van der Waals surface area contributed by atoms with Crippen molar-refractivity contribution in [1.82, 2.24) is 0 Å². The second-order valence-corrected chi connectivity index (χ2v) is 15.4. The highest BCUT2D eigenvalue weighted by Crippen LogP contribution is 2.58. The summed E-state index contributed by atoms with van der Waals surface area (Å²) in [5.41, 5.74) is 26.9. The van der Waals surface area contributed by atoms with E-state index in [9.17, 15) is 0 Å². The standard InChI is InChI=1S/C55H48N2O2/c1-3-15-39-33-43(56)27-31-51(39)58-53-29-25-41(35-47(53)37-17-7-5-8-18-37)55(49-23-13-11-21-45(49)46-22-12-14-24-50(46)55)42-26-30-54(48(36-42)38-19-9-6-10-20-38)59-52-32-28-44(57)34-40(52)16-4-2/h5-14,17-36H,3-4,15-16,56-57H2,1-2H3. The van der Waals surface area contributed by atoms with Gasteiger partial charge in [-0.1, -0.05) is 148 Å². The van der Waals surface area contributed by atoms with Crippen molar-refractivity contribution < 1.29 is 9.47 Å². The molecule has 4 N–H and O–H groups in total. The van der Waals surface area contributed by atoms with Gasteiger partial charge in [0.25, 0.3) is 0 Å². The molecule has 0 bridgehead atoms. The van der Waals surface area contributed by atoms with Crippen molar-refractivity contribution in [3.63, 3.8) is 0 Å². The third-order valence-electron chi connectivity index (χ3n) is 11.6. The third-order valence-corrected chi connectivity index (χ3v) is 11.6. The van der Waals surface area contributed by atoms with Gasteiger partial charge in [0.05, 0.1) is 5.41 Å². The minimum Gasteiger partial charge on any atom is -0.456 e. The lowest BCUT2D eigenvalue weighted by molar-refractivity contribution is 0.477. The van der Waals surface area contributed by atoms with Crippen LogP contribution in [0.2, 0.25) is 0 Å². The number of aryl methyl sites for hydroxylation is 2. The third kappa shape index (κ3) is 6.91. The van der Waals surface area contributed by atoms with E-state index in [0.717, 1.165) is 105 Å². The molecule has 0 amide bonds. The van der Waals surface area contributed by atoms with Crippen LogP contribution in [0.4, 0.5) is 11.4 Å². The van der Waals surface area contributed by atoms with E-state index in [1.165, 1.54) is 22.3 Å². The van der Waals surface area contributed by atoms with Crippen molar-refractivity contribution in [2.75, 3.05) is 11.5 Å². The maximum absolute atomic E-state index is 6.90. The predicted molar refractivity (Wildman–Crippen MR) is 244 cm³/mol. The SMILES string of the molecule is CCCc1cc(N)ccc1Oc1ccc(C2(c3ccc(Oc4ccc(N)cc4CCC)c(-c4ccccc4)c3)c3ccccc3-c3ccccc32)cc1-c1ccccc1. The molecule has 0 heterocycles. The predicted octanol–water partition coefficient (Wildman–Crippen LogP) is 14.0. The van der Waals surface area contributed by atoms with Crippen LogP contribution in [-0.4, -0.2) is 0 Å². The summed E-state index contributed by atoms with van der Waals surface area (Å²) in [6.07, 6.45) is 3.72. The summed E-state index contributed by atoms with van der Waals surface area (Å²) >= 11 is 0. The Kier molecular flexibility index (Phi) is 10.2. The van der Waals surface area contributed by atoms with Gasteiger partial charge in [-0.2, -0.15) is 0 Å². The molecule has 0 spiro atoms. The Balaban J connectivity index is 1.29. The fraction of sp³-hybridized carbons (Fsp3) is 0.127. The number of nitrogen functional groups attached to an aromatic ring is 2. The molecule has 290 valence electrons. The van der Waals surface area contributed by atoms with Crippen LogP contribution < -0.4 is 20.9 Å². The van der Waals surface area contributed by atoms with Crippen LogP contribution >= 0.6 is 0 Å². The van der Waals surface area contributed by atoms with E-state index < -0.39 is 5.41 Å². The molecule has 0 aliphatic heterocycles. The maximum atomic E-state index is 6.90. The van der Waals surface area contributed by atoms with Crippen LogP contribution in [0.25, 0.3) is 33.4 Å². The number of benzene rings is 8. The van der Waals surface area contributed by atoms with Gasteiger partial charge in [0.15, 0.2) is 0 Å². The first-order valence-electron chi connectivity index (χ1n) is 20.7. The molecule has 0 atom stereocenters. The average Bonchev–Trinajstić information content (AvgIpc) is 3.57. The molecular formula is C55H48N2O2. The second kappa shape index (κ2) is 16.1. The van der Waals surface area contributed by atoms with Crippen LogP contribution in [0.5, 0.6) is 23.0 Å². The number of anilines is 2. The summed E-state index contributed by atoms with van der Waals surface area (Å²) in [5, 5.41) is 0. The molecule has 8 aromatic rings. The van der Waals surface area contributed by atoms with Crippen molar-refractivity contribution in [1.29, 1.82) is 0 Å². The smallest absolute Gasteiger partial charge is 0.135 e. The molecule has 0 fully saturated rings. The Labute approximate surface area is 347 Å². The molecule has 4 heteroatoms. The number of hydrogen-bond acceptors (Lipinski definition) is 4. The van der Waals surface area contributed by atoms with Gasteiger partial charge in [-0.3, -0.25) is 0 Å². The van der Waals surface area contributed by atoms with Gasteiger partial charge in [-0.25, -0.2) is 0 Å². The second-order valence-electron chi connectivity index (χ2n) is 15.4. The molecular weight excluding hydrogens is 721 g/mol. The molecule has 59 heavy (non-hydrogen) atoms. The first-order valence-corrected chi connectivity index (χ1v) is 20.7. The number of hydrogen-bond donors (Lipinski definition) is 2. The molecule has 0 unspecified atom stereocenters. The fourth-order valence-corrected chi connectivity index (χ4v) is 8.98. The van der Waals surface area contributed by atoms with Crippen LogP contribution in [0.1, 0.15) is 60.1 Å². The van der Waals surface area contributed by atoms with E-state index in [0.29, 0.717) is 0 Å². The minimum absolute atomic E-state index is 0.680. The van der Waals surface area contributed by atoms with Gasteiger partial charge in [-0.05, 0) is 129 Å². The molecule has 0 radical (unpaired) electrons. The van der Waals surface area contributed by atoms with Gasteiger partial charge in [0.1, 0.15) is 23.0 Å². The lowest BCUT2D eigenvalue weighted by Gasteiger charge is -2.35. The highest BCUT2D eigenvalue weighted by atomic mass is 16.5. The fourth-order valence-electron chi connectivity index (χ4n) is 8.98. The number of nitrogens with two attached hydrogens (primary N) is 2. The summed E-state index contributed by atoms with van der Waals surface area (Å²) < 4.78 is 13.8. The highest BCUT2D eigenvalue weighted by Gasteiger charge is 2.46. The van der Waals surface area contributed by atoms with Gasteiger partial charge < -0.3 is 20.9 Å². The van der Waals surface area contributed by atoms with Gasteiger partial charge in [0.2, 0.25) is 0 Å². The average molecular weight is 769 g/mol. The van der Waals surface area contributed by atoms with E-state index in [2.05, 4.69) is 159 Å². The summed E-state index contributed by atoms with van der Waals surface area (Å²) in [4.78, 5) is 0. The zero-order chi connectivity index (χ0) is 40.3. The Bertz CT molecular complexity index is 2580. The summed E-state index contributed by atoms with van der Waals surface area (Å²) in [7, 11) is 0. The summed E-state index contributed by atoms with van der Waals surface area (Å²) in [6.45, 7) is 4.36. The first kappa shape index (κ1) is 37.5. The molecule has 0 saturated heterocycles. The Morgan fingerprint density at radius 2 is 0.780 bits per heavy atom. The number of rotatable bonds is 12. The van der Waals surface area contributed by atoms with E-state index >= 15 is 0 Å². The van der Waals surface area contributed by atoms with Crippen LogP contribution in [0.3, 0.4) is 0 Å². The van der Waals surface area contributed by atoms with Gasteiger partial charge in [0, 0.05) is 22.5 Å². The lowest BCUT2D eigenvalue weighted by Crippen LogP contribution is -2.28. The first-order chi connectivity index (χ1) is 29.0. The van der Waals surface area contributed by atoms with Crippen LogP contribution in [0.15, 0.2) is 182 Å². The minimum atomic E-state index is -0.680. The van der Waals surface area contributed by atoms with Crippen molar-refractivity contribution in [3.8, 4) is 56.4 Å². The number of ether oxygens (including phenoxy) is 2. The molecule has 0 saturated carbocycles. The molecule has 4 nitrogen and oxygen atoms in total. The molecule has 8 aromatic carbocycles. The summed E-state index contributed by atoms with van der Waals surface area (Å²) in [5.74, 6) is 3.22. The van der Waals surface area contributed by atoms with Crippen molar-refractivity contribution >= 4 is 11.4 Å². The van der Waals surface area contributed by atoms with Gasteiger partial charge in [-0.15, -0.1) is 0 Å². The maximum Gasteiger partial charge on any atom is 0.135 e. The number of fused-ring (bicyclic) bond motifs is 3. The molecule has 1 aliphatic carbocycles. The quantitative estimate of drug-likeness (QED) is 0.121. The zero-order valence-electron chi connectivity index (χ0n) is 33.6. The van der Waals surface area contributed by atoms with Crippen molar-refractivity contribution in [3.05, 3.63) is 215 Å². The molecule has 9 rings (SSSR count). The van der Waals surface area contributed by atoms with Crippen molar-refractivity contribution in [2.24, 2.45) is 0 Å². The topological polar surface area (TPSA) is 70.5 Å². The lowest BCUT2D eigenvalue weighted by atomic mass is 9.67. The van der Waals surface area contributed by atoms with Crippen molar-refractivity contribution in [2.45, 2.75) is 44.9 Å². The van der Waals surface area contributed by atoms with Crippen LogP contribution in [-0.2, 0) is 18.3 Å². The van der Waals surface area contributed by atoms with E-state index in [1.807, 2.05) is 36.4 Å². The highest BCUT2D eigenvalue weighted by molar-refractivity contribution is 5.88. The monoisotopic (exact) mass is 768 g/mol. The largest absolute Gasteiger partial charge is 0.456 e. The Morgan fingerprint density at radius 3 is 1.20 bits per heavy atom. The Hall–Kier alpha value is -7.04. The molecule has 1 aliphatic rings. The molecule has 0 aromatic heterocycles. The van der Waals surface area contributed by atoms with Gasteiger partial charge >= 0.3 is 0 Å². The Morgan fingerprint density at radius 1 is 0.390 bits per heavy atom. The normalized spacial score (nSPS) is 12.4. The van der Waals surface area contributed by atoms with E-state index in [-0.39, 0.29) is 0 Å². The van der Waals surface area contributed by atoms with E-state index in [1.54, 1.807) is 0 Å². The van der Waals surface area contributed by atoms with E-state index in [4.69, 9.17) is 20.9 Å². The van der Waals surface area contributed by atoms with Crippen LogP contribution in [0, 0.1) is 0 Å².